The molecule has 0 saturated heterocycles. The molecule has 174 valence electrons. The van der Waals surface area contributed by atoms with Crippen LogP contribution in [0.1, 0.15) is 42.5 Å². The van der Waals surface area contributed by atoms with Gasteiger partial charge in [0.15, 0.2) is 0 Å². The molecule has 4 rings (SSSR count). The molecule has 1 aliphatic carbocycles. The molecule has 0 bridgehead atoms. The molecule has 1 amide bonds. The van der Waals surface area contributed by atoms with Crippen molar-refractivity contribution >= 4 is 6.09 Å². The topological polar surface area (TPSA) is 87.8 Å². The Bertz CT molecular complexity index is 1100. The van der Waals surface area contributed by atoms with Gasteiger partial charge in [-0.1, -0.05) is 42.0 Å². The van der Waals surface area contributed by atoms with Gasteiger partial charge in [-0.25, -0.2) is 9.48 Å². The Morgan fingerprint density at radius 1 is 1.12 bits per heavy atom. The van der Waals surface area contributed by atoms with E-state index in [1.165, 1.54) is 10.5 Å². The number of rotatable bonds is 5. The smallest absolute Gasteiger partial charge is 0.409 e. The van der Waals surface area contributed by atoms with Crippen molar-refractivity contribution in [2.75, 3.05) is 14.1 Å². The number of ether oxygens (including phenoxy) is 1. The lowest BCUT2D eigenvalue weighted by molar-refractivity contribution is -0.0464. The van der Waals surface area contributed by atoms with Crippen molar-refractivity contribution in [2.45, 2.75) is 50.9 Å². The van der Waals surface area contributed by atoms with E-state index in [1.807, 2.05) is 41.9 Å². The SMILES string of the molecule is Cc1ccc(-c2cc(C3(O)CCC(OC(=O)N(C)C)CC3)nn2-c2ccc(CO)cc2)cc1. The number of aliphatic hydroxyl groups excluding tert-OH is 1. The third kappa shape index (κ3) is 4.94. The van der Waals surface area contributed by atoms with Gasteiger partial charge in [-0.15, -0.1) is 0 Å². The first-order valence-corrected chi connectivity index (χ1v) is 11.3. The van der Waals surface area contributed by atoms with E-state index in [9.17, 15) is 15.0 Å². The Kier molecular flexibility index (Phi) is 6.54. The quantitative estimate of drug-likeness (QED) is 0.610. The van der Waals surface area contributed by atoms with Gasteiger partial charge >= 0.3 is 6.09 Å². The van der Waals surface area contributed by atoms with Gasteiger partial charge in [-0.2, -0.15) is 5.10 Å². The van der Waals surface area contributed by atoms with Crippen LogP contribution in [0.2, 0.25) is 0 Å². The average molecular weight is 450 g/mol. The summed E-state index contributed by atoms with van der Waals surface area (Å²) in [7, 11) is 3.32. The molecule has 3 aromatic rings. The van der Waals surface area contributed by atoms with Crippen LogP contribution in [0.4, 0.5) is 4.79 Å². The van der Waals surface area contributed by atoms with Gasteiger partial charge in [0.2, 0.25) is 0 Å². The van der Waals surface area contributed by atoms with Gasteiger partial charge in [0.05, 0.1) is 23.7 Å². The minimum absolute atomic E-state index is 0.0191. The second-order valence-electron chi connectivity index (χ2n) is 9.03. The number of carbonyl (C=O) groups excluding carboxylic acids is 1. The maximum Gasteiger partial charge on any atom is 0.409 e. The first-order valence-electron chi connectivity index (χ1n) is 11.3. The van der Waals surface area contributed by atoms with Crippen LogP contribution < -0.4 is 0 Å². The molecule has 1 saturated carbocycles. The van der Waals surface area contributed by atoms with Crippen molar-refractivity contribution in [3.63, 3.8) is 0 Å². The number of hydrogen-bond donors (Lipinski definition) is 2. The van der Waals surface area contributed by atoms with Crippen molar-refractivity contribution in [2.24, 2.45) is 0 Å². The van der Waals surface area contributed by atoms with Gasteiger partial charge in [-0.3, -0.25) is 0 Å². The first-order chi connectivity index (χ1) is 15.8. The summed E-state index contributed by atoms with van der Waals surface area (Å²) >= 11 is 0. The normalized spacial score (nSPS) is 20.5. The number of aliphatic hydroxyl groups is 2. The molecule has 0 unspecified atom stereocenters. The predicted molar refractivity (Wildman–Crippen MR) is 126 cm³/mol. The number of nitrogens with zero attached hydrogens (tertiary/aromatic N) is 3. The highest BCUT2D eigenvalue weighted by molar-refractivity contribution is 5.67. The lowest BCUT2D eigenvalue weighted by Gasteiger charge is -2.34. The van der Waals surface area contributed by atoms with E-state index in [0.717, 1.165) is 22.5 Å². The third-order valence-corrected chi connectivity index (χ3v) is 6.29. The largest absolute Gasteiger partial charge is 0.446 e. The maximum absolute atomic E-state index is 11.9. The fraction of sp³-hybridized carbons (Fsp3) is 0.385. The summed E-state index contributed by atoms with van der Waals surface area (Å²) in [4.78, 5) is 13.3. The lowest BCUT2D eigenvalue weighted by Crippen LogP contribution is -2.37. The Hall–Kier alpha value is -3.16. The Balaban J connectivity index is 1.65. The highest BCUT2D eigenvalue weighted by Crippen LogP contribution is 2.39. The molecule has 7 heteroatoms. The van der Waals surface area contributed by atoms with Crippen LogP contribution in [-0.4, -0.2) is 51.2 Å². The number of amides is 1. The van der Waals surface area contributed by atoms with E-state index in [4.69, 9.17) is 9.84 Å². The molecule has 1 heterocycles. The molecule has 0 radical (unpaired) electrons. The number of aromatic nitrogens is 2. The van der Waals surface area contributed by atoms with Crippen molar-refractivity contribution in [3.05, 3.63) is 71.4 Å². The third-order valence-electron chi connectivity index (χ3n) is 6.29. The minimum Gasteiger partial charge on any atom is -0.446 e. The minimum atomic E-state index is -1.09. The molecule has 1 fully saturated rings. The summed E-state index contributed by atoms with van der Waals surface area (Å²) in [5.41, 5.74) is 4.26. The van der Waals surface area contributed by atoms with Crippen LogP contribution in [0.15, 0.2) is 54.6 Å². The first kappa shape index (κ1) is 23.0. The Labute approximate surface area is 194 Å². The van der Waals surface area contributed by atoms with Gasteiger partial charge < -0.3 is 19.8 Å². The molecule has 33 heavy (non-hydrogen) atoms. The molecule has 0 aliphatic heterocycles. The van der Waals surface area contributed by atoms with Gasteiger partial charge in [0, 0.05) is 19.7 Å². The number of aryl methyl sites for hydroxylation is 1. The fourth-order valence-electron chi connectivity index (χ4n) is 4.17. The molecule has 2 N–H and O–H groups in total. The number of benzene rings is 2. The average Bonchev–Trinajstić information content (AvgIpc) is 3.27. The highest BCUT2D eigenvalue weighted by Gasteiger charge is 2.39. The van der Waals surface area contributed by atoms with Crippen LogP contribution in [0.3, 0.4) is 0 Å². The van der Waals surface area contributed by atoms with Crippen molar-refractivity contribution in [3.8, 4) is 16.9 Å². The molecule has 2 aromatic carbocycles. The summed E-state index contributed by atoms with van der Waals surface area (Å²) in [6, 6.07) is 17.7. The second kappa shape index (κ2) is 9.37. The van der Waals surface area contributed by atoms with E-state index in [1.54, 1.807) is 14.1 Å². The van der Waals surface area contributed by atoms with Crippen LogP contribution in [0, 0.1) is 6.92 Å². The van der Waals surface area contributed by atoms with Crippen LogP contribution >= 0.6 is 0 Å². The highest BCUT2D eigenvalue weighted by atomic mass is 16.6. The zero-order valence-electron chi connectivity index (χ0n) is 19.4. The fourth-order valence-corrected chi connectivity index (χ4v) is 4.17. The van der Waals surface area contributed by atoms with E-state index < -0.39 is 5.60 Å². The summed E-state index contributed by atoms with van der Waals surface area (Å²) in [5.74, 6) is 0. The molecule has 0 atom stereocenters. The van der Waals surface area contributed by atoms with Gasteiger partial charge in [0.1, 0.15) is 11.7 Å². The maximum atomic E-state index is 11.9. The molecular weight excluding hydrogens is 418 g/mol. The predicted octanol–water partition coefficient (Wildman–Crippen LogP) is 4.17. The molecule has 1 aliphatic rings. The van der Waals surface area contributed by atoms with Gasteiger partial charge in [0.25, 0.3) is 0 Å². The molecule has 1 aromatic heterocycles. The number of hydrogen-bond acceptors (Lipinski definition) is 5. The standard InChI is InChI=1S/C26H31N3O4/c1-18-4-8-20(9-5-18)23-16-24(27-29(23)21-10-6-19(17-30)7-11-21)26(32)14-12-22(13-15-26)33-25(31)28(2)3/h4-11,16,22,30,32H,12-15,17H2,1-3H3. The zero-order chi connectivity index (χ0) is 23.6. The summed E-state index contributed by atoms with van der Waals surface area (Å²) in [6.45, 7) is 2.03. The summed E-state index contributed by atoms with van der Waals surface area (Å²) < 4.78 is 7.36. The van der Waals surface area contributed by atoms with Crippen LogP contribution in [-0.2, 0) is 16.9 Å². The number of carbonyl (C=O) groups is 1. The van der Waals surface area contributed by atoms with Gasteiger partial charge in [-0.05, 0) is 56.4 Å². The van der Waals surface area contributed by atoms with Crippen molar-refractivity contribution in [1.29, 1.82) is 0 Å². The summed E-state index contributed by atoms with van der Waals surface area (Å²) in [5, 5.41) is 25.7. The Morgan fingerprint density at radius 3 is 2.33 bits per heavy atom. The monoisotopic (exact) mass is 449 g/mol. The van der Waals surface area contributed by atoms with Crippen LogP contribution in [0.25, 0.3) is 16.9 Å². The molecule has 0 spiro atoms. The van der Waals surface area contributed by atoms with Crippen LogP contribution in [0.5, 0.6) is 0 Å². The Morgan fingerprint density at radius 2 is 1.76 bits per heavy atom. The molecular formula is C26H31N3O4. The van der Waals surface area contributed by atoms with E-state index in [0.29, 0.717) is 31.4 Å². The van der Waals surface area contributed by atoms with Crippen molar-refractivity contribution < 1.29 is 19.7 Å². The lowest BCUT2D eigenvalue weighted by atomic mass is 9.81. The summed E-state index contributed by atoms with van der Waals surface area (Å²) in [6.07, 6.45) is 1.52. The molecule has 7 nitrogen and oxygen atoms in total. The van der Waals surface area contributed by atoms with E-state index in [2.05, 4.69) is 24.3 Å². The second-order valence-corrected chi connectivity index (χ2v) is 9.03. The van der Waals surface area contributed by atoms with Crippen molar-refractivity contribution in [1.82, 2.24) is 14.7 Å². The zero-order valence-corrected chi connectivity index (χ0v) is 19.4. The van der Waals surface area contributed by atoms with E-state index in [-0.39, 0.29) is 18.8 Å². The van der Waals surface area contributed by atoms with E-state index >= 15 is 0 Å².